The Labute approximate surface area is 120 Å². The van der Waals surface area contributed by atoms with Crippen LogP contribution in [-0.4, -0.2) is 36.6 Å². The van der Waals surface area contributed by atoms with Crippen LogP contribution in [-0.2, 0) is 0 Å². The summed E-state index contributed by atoms with van der Waals surface area (Å²) in [4.78, 5) is 2.12. The lowest BCUT2D eigenvalue weighted by Gasteiger charge is -2.22. The van der Waals surface area contributed by atoms with Crippen LogP contribution in [0.2, 0.25) is 0 Å². The number of amidine groups is 1. The third-order valence-electron chi connectivity index (χ3n) is 2.61. The van der Waals surface area contributed by atoms with Gasteiger partial charge in [0.1, 0.15) is 0 Å². The highest BCUT2D eigenvalue weighted by Gasteiger charge is 2.14. The fourth-order valence-electron chi connectivity index (χ4n) is 1.70. The minimum absolute atomic E-state index is 0.120. The van der Waals surface area contributed by atoms with Crippen LogP contribution in [0.3, 0.4) is 0 Å². The summed E-state index contributed by atoms with van der Waals surface area (Å²) in [5, 5.41) is 11.9. The molecule has 1 rings (SSSR count). The Hall–Kier alpha value is -0.880. The first-order valence-corrected chi connectivity index (χ1v) is 7.77. The van der Waals surface area contributed by atoms with Gasteiger partial charge < -0.3 is 15.8 Å². The molecule has 6 heteroatoms. The second-order valence-electron chi connectivity index (χ2n) is 3.89. The first-order chi connectivity index (χ1) is 8.61. The predicted octanol–water partition coefficient (Wildman–Crippen LogP) is 2.73. The van der Waals surface area contributed by atoms with Crippen molar-refractivity contribution in [3.8, 4) is 0 Å². The standard InChI is InChI=1S/C12H18BrN3OS/c1-16(7-4-8-18-2)10-6-3-5-9(13)11(10)12(14)15-17/h3,5-6,17H,4,7-8H2,1-2H3,(H2,14,15). The number of anilines is 1. The second-order valence-corrected chi connectivity index (χ2v) is 5.73. The Kier molecular flexibility index (Phi) is 6.35. The second kappa shape index (κ2) is 7.53. The maximum absolute atomic E-state index is 8.85. The number of oxime groups is 1. The normalized spacial score (nSPS) is 11.6. The number of halogens is 1. The van der Waals surface area contributed by atoms with Crippen LogP contribution in [0.25, 0.3) is 0 Å². The zero-order valence-electron chi connectivity index (χ0n) is 10.6. The van der Waals surface area contributed by atoms with Crippen molar-refractivity contribution in [1.82, 2.24) is 0 Å². The molecule has 1 aromatic rings. The van der Waals surface area contributed by atoms with E-state index in [1.165, 1.54) is 0 Å². The van der Waals surface area contributed by atoms with E-state index in [1.54, 1.807) is 0 Å². The van der Waals surface area contributed by atoms with E-state index in [9.17, 15) is 0 Å². The molecule has 0 spiro atoms. The van der Waals surface area contributed by atoms with Crippen molar-refractivity contribution >= 4 is 39.2 Å². The van der Waals surface area contributed by atoms with Gasteiger partial charge in [-0.3, -0.25) is 0 Å². The van der Waals surface area contributed by atoms with Crippen molar-refractivity contribution in [2.24, 2.45) is 10.9 Å². The van der Waals surface area contributed by atoms with Gasteiger partial charge in [0.25, 0.3) is 0 Å². The summed E-state index contributed by atoms with van der Waals surface area (Å²) in [6.07, 6.45) is 3.20. The van der Waals surface area contributed by atoms with Crippen molar-refractivity contribution in [3.05, 3.63) is 28.2 Å². The van der Waals surface area contributed by atoms with Crippen molar-refractivity contribution in [1.29, 1.82) is 0 Å². The third kappa shape index (κ3) is 3.81. The molecule has 0 saturated carbocycles. The number of rotatable bonds is 6. The number of hydrogen-bond donors (Lipinski definition) is 2. The van der Waals surface area contributed by atoms with E-state index >= 15 is 0 Å². The zero-order valence-corrected chi connectivity index (χ0v) is 13.0. The quantitative estimate of drug-likeness (QED) is 0.276. The number of nitrogens with two attached hydrogens (primary N) is 1. The molecule has 18 heavy (non-hydrogen) atoms. The van der Waals surface area contributed by atoms with Gasteiger partial charge in [-0.15, -0.1) is 0 Å². The smallest absolute Gasteiger partial charge is 0.173 e. The molecule has 1 aromatic carbocycles. The largest absolute Gasteiger partial charge is 0.409 e. The number of thioether (sulfide) groups is 1. The van der Waals surface area contributed by atoms with Gasteiger partial charge in [-0.2, -0.15) is 11.8 Å². The van der Waals surface area contributed by atoms with Gasteiger partial charge >= 0.3 is 0 Å². The monoisotopic (exact) mass is 331 g/mol. The molecule has 0 aliphatic carbocycles. The van der Waals surface area contributed by atoms with E-state index in [4.69, 9.17) is 10.9 Å². The molecule has 0 bridgehead atoms. The number of nitrogens with zero attached hydrogens (tertiary/aromatic N) is 2. The van der Waals surface area contributed by atoms with E-state index in [0.717, 1.165) is 34.4 Å². The lowest BCUT2D eigenvalue weighted by atomic mass is 10.1. The van der Waals surface area contributed by atoms with Crippen LogP contribution in [0.4, 0.5) is 5.69 Å². The van der Waals surface area contributed by atoms with Gasteiger partial charge in [0.2, 0.25) is 0 Å². The fourth-order valence-corrected chi connectivity index (χ4v) is 2.68. The van der Waals surface area contributed by atoms with Gasteiger partial charge in [0, 0.05) is 23.8 Å². The molecule has 3 N–H and O–H groups in total. The first kappa shape index (κ1) is 15.2. The molecule has 0 fully saturated rings. The van der Waals surface area contributed by atoms with Gasteiger partial charge in [0.15, 0.2) is 5.84 Å². The van der Waals surface area contributed by atoms with Gasteiger partial charge in [0.05, 0.1) is 5.56 Å². The summed E-state index contributed by atoms with van der Waals surface area (Å²) < 4.78 is 0.826. The lowest BCUT2D eigenvalue weighted by molar-refractivity contribution is 0.318. The summed E-state index contributed by atoms with van der Waals surface area (Å²) in [6, 6.07) is 5.79. The Morgan fingerprint density at radius 1 is 1.56 bits per heavy atom. The van der Waals surface area contributed by atoms with Crippen LogP contribution in [0.1, 0.15) is 12.0 Å². The van der Waals surface area contributed by atoms with E-state index in [0.29, 0.717) is 0 Å². The van der Waals surface area contributed by atoms with E-state index in [1.807, 2.05) is 37.0 Å². The average Bonchev–Trinajstić information content (AvgIpc) is 2.37. The molecule has 0 saturated heterocycles. The maximum atomic E-state index is 8.85. The first-order valence-electron chi connectivity index (χ1n) is 5.58. The molecule has 4 nitrogen and oxygen atoms in total. The summed E-state index contributed by atoms with van der Waals surface area (Å²) >= 11 is 5.27. The molecule has 0 atom stereocenters. The van der Waals surface area contributed by atoms with Gasteiger partial charge in [-0.25, -0.2) is 0 Å². The van der Waals surface area contributed by atoms with Crippen LogP contribution in [0, 0.1) is 0 Å². The molecule has 0 amide bonds. The SMILES string of the molecule is CSCCCN(C)c1cccc(Br)c1/C(N)=N/O. The van der Waals surface area contributed by atoms with Gasteiger partial charge in [-0.1, -0.05) is 11.2 Å². The predicted molar refractivity (Wildman–Crippen MR) is 82.9 cm³/mol. The molecule has 0 heterocycles. The Morgan fingerprint density at radius 3 is 2.89 bits per heavy atom. The van der Waals surface area contributed by atoms with Crippen molar-refractivity contribution in [2.75, 3.05) is 30.5 Å². The highest BCUT2D eigenvalue weighted by atomic mass is 79.9. The zero-order chi connectivity index (χ0) is 13.5. The Morgan fingerprint density at radius 2 is 2.28 bits per heavy atom. The van der Waals surface area contributed by atoms with E-state index < -0.39 is 0 Å². The number of hydrogen-bond acceptors (Lipinski definition) is 4. The molecular formula is C12H18BrN3OS. The van der Waals surface area contributed by atoms with Crippen LogP contribution >= 0.6 is 27.7 Å². The third-order valence-corrected chi connectivity index (χ3v) is 3.97. The lowest BCUT2D eigenvalue weighted by Crippen LogP contribution is -2.24. The van der Waals surface area contributed by atoms with Crippen molar-refractivity contribution in [3.63, 3.8) is 0 Å². The summed E-state index contributed by atoms with van der Waals surface area (Å²) in [5.74, 6) is 1.24. The molecule has 100 valence electrons. The highest BCUT2D eigenvalue weighted by Crippen LogP contribution is 2.27. The fraction of sp³-hybridized carbons (Fsp3) is 0.417. The minimum Gasteiger partial charge on any atom is -0.409 e. The summed E-state index contributed by atoms with van der Waals surface area (Å²) in [5.41, 5.74) is 7.42. The van der Waals surface area contributed by atoms with Crippen molar-refractivity contribution in [2.45, 2.75) is 6.42 Å². The molecule has 0 unspecified atom stereocenters. The Balaban J connectivity index is 2.97. The number of benzene rings is 1. The molecule has 0 aliphatic heterocycles. The maximum Gasteiger partial charge on any atom is 0.173 e. The van der Waals surface area contributed by atoms with Crippen molar-refractivity contribution < 1.29 is 5.21 Å². The van der Waals surface area contributed by atoms with Crippen LogP contribution < -0.4 is 10.6 Å². The topological polar surface area (TPSA) is 61.8 Å². The molecule has 0 radical (unpaired) electrons. The summed E-state index contributed by atoms with van der Waals surface area (Å²) in [6.45, 7) is 0.934. The average molecular weight is 332 g/mol. The van der Waals surface area contributed by atoms with E-state index in [2.05, 4.69) is 32.2 Å². The molecule has 0 aromatic heterocycles. The summed E-state index contributed by atoms with van der Waals surface area (Å²) in [7, 11) is 2.01. The van der Waals surface area contributed by atoms with Crippen LogP contribution in [0.5, 0.6) is 0 Å². The molecule has 0 aliphatic rings. The van der Waals surface area contributed by atoms with Crippen LogP contribution in [0.15, 0.2) is 27.8 Å². The highest BCUT2D eigenvalue weighted by molar-refractivity contribution is 9.10. The minimum atomic E-state index is 0.120. The Bertz CT molecular complexity index is 426. The van der Waals surface area contributed by atoms with Gasteiger partial charge in [-0.05, 0) is 46.5 Å². The van der Waals surface area contributed by atoms with E-state index in [-0.39, 0.29) is 5.84 Å². The molecular weight excluding hydrogens is 314 g/mol.